The van der Waals surface area contributed by atoms with Gasteiger partial charge in [-0.15, -0.1) is 0 Å². The largest absolute Gasteiger partial charge is 0.455 e. The number of nitro groups is 1. The van der Waals surface area contributed by atoms with E-state index in [-0.39, 0.29) is 30.2 Å². The van der Waals surface area contributed by atoms with Gasteiger partial charge in [-0.1, -0.05) is 36.4 Å². The zero-order valence-electron chi connectivity index (χ0n) is 13.4. The predicted octanol–water partition coefficient (Wildman–Crippen LogP) is 2.27. The van der Waals surface area contributed by atoms with Crippen LogP contribution >= 0.6 is 0 Å². The number of para-hydroxylation sites is 2. The van der Waals surface area contributed by atoms with Crippen molar-refractivity contribution < 1.29 is 19.2 Å². The molecule has 0 aromatic heterocycles. The summed E-state index contributed by atoms with van der Waals surface area (Å²) in [7, 11) is 0. The van der Waals surface area contributed by atoms with Crippen molar-refractivity contribution in [3.63, 3.8) is 0 Å². The van der Waals surface area contributed by atoms with Crippen molar-refractivity contribution in [2.24, 2.45) is 0 Å². The number of benzene rings is 2. The van der Waals surface area contributed by atoms with Gasteiger partial charge in [0, 0.05) is 23.9 Å². The lowest BCUT2D eigenvalue weighted by Crippen LogP contribution is -2.33. The molecule has 0 atom stereocenters. The third kappa shape index (κ3) is 3.65. The molecule has 7 nitrogen and oxygen atoms in total. The summed E-state index contributed by atoms with van der Waals surface area (Å²) in [6, 6.07) is 13.6. The van der Waals surface area contributed by atoms with Crippen molar-refractivity contribution in [3.05, 3.63) is 69.8 Å². The summed E-state index contributed by atoms with van der Waals surface area (Å²) in [5.41, 5.74) is 2.04. The lowest BCUT2D eigenvalue weighted by atomic mass is 10.1. The summed E-state index contributed by atoms with van der Waals surface area (Å²) in [5, 5.41) is 11.0. The molecule has 2 aromatic rings. The number of ether oxygens (including phenoxy) is 1. The van der Waals surface area contributed by atoms with Gasteiger partial charge in [0.05, 0.1) is 11.3 Å². The number of nitro benzene ring substituents is 1. The van der Waals surface area contributed by atoms with Gasteiger partial charge in [0.2, 0.25) is 0 Å². The van der Waals surface area contributed by atoms with Crippen molar-refractivity contribution in [1.82, 2.24) is 0 Å². The quantitative estimate of drug-likeness (QED) is 0.473. The van der Waals surface area contributed by atoms with E-state index in [1.807, 2.05) is 24.3 Å². The summed E-state index contributed by atoms with van der Waals surface area (Å²) in [6.45, 7) is 0.174. The lowest BCUT2D eigenvalue weighted by molar-refractivity contribution is -0.385. The molecule has 0 bridgehead atoms. The standard InChI is InChI=1S/C18H16N2O5/c21-17(19-10-9-13-5-1-3-7-15(13)19)12-25-18(22)11-14-6-2-4-8-16(14)20(23)24/h1-8H,9-12H2. The van der Waals surface area contributed by atoms with E-state index in [0.29, 0.717) is 6.54 Å². The first-order valence-corrected chi connectivity index (χ1v) is 7.82. The zero-order chi connectivity index (χ0) is 17.8. The normalized spacial score (nSPS) is 12.6. The molecule has 0 aliphatic carbocycles. The van der Waals surface area contributed by atoms with Crippen LogP contribution in [0.15, 0.2) is 48.5 Å². The number of anilines is 1. The second kappa shape index (κ2) is 7.12. The highest BCUT2D eigenvalue weighted by Gasteiger charge is 2.25. The van der Waals surface area contributed by atoms with Gasteiger partial charge in [-0.2, -0.15) is 0 Å². The molecule has 128 valence electrons. The maximum Gasteiger partial charge on any atom is 0.311 e. The van der Waals surface area contributed by atoms with Crippen LogP contribution in [-0.4, -0.2) is 30.0 Å². The van der Waals surface area contributed by atoms with Crippen LogP contribution in [0, 0.1) is 10.1 Å². The molecule has 1 heterocycles. The van der Waals surface area contributed by atoms with E-state index in [0.717, 1.165) is 17.7 Å². The molecule has 25 heavy (non-hydrogen) atoms. The Morgan fingerprint density at radius 3 is 2.64 bits per heavy atom. The van der Waals surface area contributed by atoms with Crippen molar-refractivity contribution in [3.8, 4) is 0 Å². The number of hydrogen-bond donors (Lipinski definition) is 0. The van der Waals surface area contributed by atoms with Crippen LogP contribution < -0.4 is 4.90 Å². The molecule has 0 radical (unpaired) electrons. The van der Waals surface area contributed by atoms with Gasteiger partial charge in [0.25, 0.3) is 11.6 Å². The predicted molar refractivity (Wildman–Crippen MR) is 90.3 cm³/mol. The molecule has 0 spiro atoms. The number of fused-ring (bicyclic) bond motifs is 1. The van der Waals surface area contributed by atoms with Gasteiger partial charge in [0.15, 0.2) is 6.61 Å². The Balaban J connectivity index is 1.58. The Hall–Kier alpha value is -3.22. The third-order valence-corrected chi connectivity index (χ3v) is 4.07. The monoisotopic (exact) mass is 340 g/mol. The minimum atomic E-state index is -0.671. The smallest absolute Gasteiger partial charge is 0.311 e. The summed E-state index contributed by atoms with van der Waals surface area (Å²) < 4.78 is 5.02. The highest BCUT2D eigenvalue weighted by Crippen LogP contribution is 2.27. The number of carbonyl (C=O) groups excluding carboxylic acids is 2. The van der Waals surface area contributed by atoms with Gasteiger partial charge in [-0.25, -0.2) is 0 Å². The van der Waals surface area contributed by atoms with E-state index >= 15 is 0 Å². The topological polar surface area (TPSA) is 89.7 Å². The molecule has 0 fully saturated rings. The second-order valence-corrected chi connectivity index (χ2v) is 5.65. The number of amides is 1. The van der Waals surface area contributed by atoms with Gasteiger partial charge in [0.1, 0.15) is 0 Å². The van der Waals surface area contributed by atoms with Crippen LogP contribution in [0.3, 0.4) is 0 Å². The summed E-state index contributed by atoms with van der Waals surface area (Å²) in [5.74, 6) is -0.976. The highest BCUT2D eigenvalue weighted by molar-refractivity contribution is 5.97. The molecular formula is C18H16N2O5. The van der Waals surface area contributed by atoms with E-state index in [2.05, 4.69) is 0 Å². The molecule has 0 saturated carbocycles. The highest BCUT2D eigenvalue weighted by atomic mass is 16.6. The summed E-state index contributed by atoms with van der Waals surface area (Å²) in [4.78, 5) is 36.2. The Morgan fingerprint density at radius 1 is 1.12 bits per heavy atom. The van der Waals surface area contributed by atoms with Crippen LogP contribution in [0.25, 0.3) is 0 Å². The van der Waals surface area contributed by atoms with Crippen LogP contribution in [-0.2, 0) is 27.2 Å². The first-order chi connectivity index (χ1) is 12.1. The van der Waals surface area contributed by atoms with Gasteiger partial charge in [-0.3, -0.25) is 19.7 Å². The molecule has 1 aliphatic rings. The molecule has 0 N–H and O–H groups in total. The average Bonchev–Trinajstić information content (AvgIpc) is 3.04. The van der Waals surface area contributed by atoms with Crippen molar-refractivity contribution >= 4 is 23.3 Å². The fourth-order valence-electron chi connectivity index (χ4n) is 2.86. The van der Waals surface area contributed by atoms with E-state index in [4.69, 9.17) is 4.74 Å². The number of esters is 1. The molecule has 1 amide bonds. The van der Waals surface area contributed by atoms with Crippen LogP contribution in [0.4, 0.5) is 11.4 Å². The van der Waals surface area contributed by atoms with Crippen LogP contribution in [0.2, 0.25) is 0 Å². The Bertz CT molecular complexity index is 834. The molecule has 0 saturated heterocycles. The van der Waals surface area contributed by atoms with Crippen LogP contribution in [0.5, 0.6) is 0 Å². The van der Waals surface area contributed by atoms with Crippen LogP contribution in [0.1, 0.15) is 11.1 Å². The van der Waals surface area contributed by atoms with Gasteiger partial charge >= 0.3 is 5.97 Å². The number of nitrogens with zero attached hydrogens (tertiary/aromatic N) is 2. The van der Waals surface area contributed by atoms with E-state index in [9.17, 15) is 19.7 Å². The molecule has 3 rings (SSSR count). The first kappa shape index (κ1) is 16.6. The Kier molecular flexibility index (Phi) is 4.74. The Morgan fingerprint density at radius 2 is 1.84 bits per heavy atom. The minimum absolute atomic E-state index is 0.140. The number of rotatable bonds is 5. The van der Waals surface area contributed by atoms with Crippen molar-refractivity contribution in [2.45, 2.75) is 12.8 Å². The summed E-state index contributed by atoms with van der Waals surface area (Å²) in [6.07, 6.45) is 0.521. The molecule has 2 aromatic carbocycles. The first-order valence-electron chi connectivity index (χ1n) is 7.82. The molecule has 0 unspecified atom stereocenters. The lowest BCUT2D eigenvalue weighted by Gasteiger charge is -2.17. The molecule has 7 heteroatoms. The minimum Gasteiger partial charge on any atom is -0.455 e. The third-order valence-electron chi connectivity index (χ3n) is 4.07. The van der Waals surface area contributed by atoms with Gasteiger partial charge < -0.3 is 9.64 Å². The zero-order valence-corrected chi connectivity index (χ0v) is 13.4. The van der Waals surface area contributed by atoms with E-state index in [1.54, 1.807) is 11.0 Å². The van der Waals surface area contributed by atoms with E-state index in [1.165, 1.54) is 18.2 Å². The molecular weight excluding hydrogens is 324 g/mol. The fraction of sp³-hybridized carbons (Fsp3) is 0.222. The van der Waals surface area contributed by atoms with Crippen molar-refractivity contribution in [2.75, 3.05) is 18.1 Å². The fourth-order valence-corrected chi connectivity index (χ4v) is 2.86. The maximum atomic E-state index is 12.3. The second-order valence-electron chi connectivity index (χ2n) is 5.65. The molecule has 1 aliphatic heterocycles. The maximum absolute atomic E-state index is 12.3. The Labute approximate surface area is 144 Å². The van der Waals surface area contributed by atoms with Gasteiger partial charge in [-0.05, 0) is 18.1 Å². The average molecular weight is 340 g/mol. The summed E-state index contributed by atoms with van der Waals surface area (Å²) >= 11 is 0. The number of carbonyl (C=O) groups is 2. The SMILES string of the molecule is O=C(Cc1ccccc1[N+](=O)[O-])OCC(=O)N1CCc2ccccc21. The van der Waals surface area contributed by atoms with Crippen molar-refractivity contribution in [1.29, 1.82) is 0 Å². The number of hydrogen-bond acceptors (Lipinski definition) is 5. The van der Waals surface area contributed by atoms with E-state index < -0.39 is 10.9 Å².